The summed E-state index contributed by atoms with van der Waals surface area (Å²) in [4.78, 5) is 0. The van der Waals surface area contributed by atoms with Crippen molar-refractivity contribution >= 4 is 0 Å². The Bertz CT molecular complexity index is 1600. The van der Waals surface area contributed by atoms with Crippen LogP contribution in [0, 0.1) is 35.1 Å². The highest BCUT2D eigenvalue weighted by Crippen LogP contribution is 2.38. The van der Waals surface area contributed by atoms with Crippen molar-refractivity contribution in [2.45, 2.75) is 38.7 Å². The van der Waals surface area contributed by atoms with Gasteiger partial charge in [0.15, 0.2) is 11.6 Å². The first-order chi connectivity index (χ1) is 20.3. The molecule has 0 saturated carbocycles. The van der Waals surface area contributed by atoms with Gasteiger partial charge in [-0.3, -0.25) is 0 Å². The summed E-state index contributed by atoms with van der Waals surface area (Å²) in [6, 6.07) is 16.0. The smallest absolute Gasteiger partial charge is 0.429 e. The molecule has 11 heteroatoms. The third-order valence-corrected chi connectivity index (χ3v) is 6.11. The normalized spacial score (nSPS) is 11.6. The number of aryl methyl sites for hydroxylation is 1. The molecule has 0 aliphatic heterocycles. The average molecular weight is 609 g/mol. The summed E-state index contributed by atoms with van der Waals surface area (Å²) < 4.78 is 130. The molecule has 0 amide bonds. The standard InChI is InChI=1S/C32H21F9O2/c1-2-3-4-19-7-11-22(12-8-19)23-13-9-20(10-14-23)5-6-21-15-25(33)29(26(34)16-21)31(37,38)42-24-17-27(35)30(28(36)18-24)43-32(39,40)41/h7-18H,2-4H2,1H3. The molecule has 0 N–H and O–H groups in total. The van der Waals surface area contributed by atoms with Crippen LogP contribution in [0.4, 0.5) is 39.5 Å². The van der Waals surface area contributed by atoms with Crippen LogP contribution in [0.3, 0.4) is 0 Å². The van der Waals surface area contributed by atoms with Gasteiger partial charge in [0.05, 0.1) is 0 Å². The number of benzene rings is 4. The SMILES string of the molecule is CCCCc1ccc(-c2ccc(C#Cc3cc(F)c(C(F)(F)Oc4cc(F)c(OC(F)(F)F)c(F)c4)c(F)c3)cc2)cc1. The highest BCUT2D eigenvalue weighted by Gasteiger charge is 2.42. The summed E-state index contributed by atoms with van der Waals surface area (Å²) in [5.74, 6) is -5.77. The third kappa shape index (κ3) is 8.03. The Morgan fingerprint density at radius 1 is 0.628 bits per heavy atom. The molecular formula is C32H21F9O2. The molecule has 0 unspecified atom stereocenters. The van der Waals surface area contributed by atoms with Gasteiger partial charge in [0.1, 0.15) is 22.9 Å². The molecule has 0 heterocycles. The van der Waals surface area contributed by atoms with E-state index in [1.165, 1.54) is 5.56 Å². The van der Waals surface area contributed by atoms with Crippen LogP contribution in [-0.2, 0) is 12.5 Å². The molecule has 0 fully saturated rings. The third-order valence-electron chi connectivity index (χ3n) is 6.11. The molecule has 4 rings (SSSR count). The number of unbranched alkanes of at least 4 members (excludes halogenated alkanes) is 1. The van der Waals surface area contributed by atoms with Gasteiger partial charge in [-0.25, -0.2) is 17.6 Å². The van der Waals surface area contributed by atoms with Crippen LogP contribution in [-0.4, -0.2) is 6.36 Å². The Morgan fingerprint density at radius 2 is 1.14 bits per heavy atom. The quantitative estimate of drug-likeness (QED) is 0.147. The molecule has 0 saturated heterocycles. The van der Waals surface area contributed by atoms with Gasteiger partial charge in [-0.15, -0.1) is 13.2 Å². The van der Waals surface area contributed by atoms with Crippen molar-refractivity contribution in [1.29, 1.82) is 0 Å². The lowest BCUT2D eigenvalue weighted by molar-refractivity contribution is -0.276. The van der Waals surface area contributed by atoms with E-state index in [0.717, 1.165) is 30.4 Å². The molecular weight excluding hydrogens is 587 g/mol. The topological polar surface area (TPSA) is 18.5 Å². The van der Waals surface area contributed by atoms with Crippen LogP contribution in [0.5, 0.6) is 11.5 Å². The number of alkyl halides is 5. The zero-order chi connectivity index (χ0) is 31.4. The largest absolute Gasteiger partial charge is 0.573 e. The summed E-state index contributed by atoms with van der Waals surface area (Å²) in [5.41, 5.74) is 1.41. The zero-order valence-electron chi connectivity index (χ0n) is 22.3. The van der Waals surface area contributed by atoms with Gasteiger partial charge in [0.25, 0.3) is 0 Å². The molecule has 0 atom stereocenters. The van der Waals surface area contributed by atoms with Gasteiger partial charge in [-0.2, -0.15) is 8.78 Å². The van der Waals surface area contributed by atoms with E-state index in [1.54, 1.807) is 24.3 Å². The molecule has 0 aliphatic rings. The minimum atomic E-state index is -5.48. The van der Waals surface area contributed by atoms with Crippen molar-refractivity contribution in [3.05, 3.63) is 118 Å². The maximum absolute atomic E-state index is 14.6. The molecule has 43 heavy (non-hydrogen) atoms. The van der Waals surface area contributed by atoms with Crippen LogP contribution < -0.4 is 9.47 Å². The van der Waals surface area contributed by atoms with E-state index in [4.69, 9.17) is 0 Å². The van der Waals surface area contributed by atoms with E-state index < -0.39 is 52.8 Å². The predicted molar refractivity (Wildman–Crippen MR) is 140 cm³/mol. The molecule has 0 aromatic heterocycles. The van der Waals surface area contributed by atoms with Crippen LogP contribution >= 0.6 is 0 Å². The van der Waals surface area contributed by atoms with Crippen molar-refractivity contribution in [2.75, 3.05) is 0 Å². The molecule has 2 nitrogen and oxygen atoms in total. The fraction of sp³-hybridized carbons (Fsp3) is 0.188. The number of ether oxygens (including phenoxy) is 2. The second kappa shape index (κ2) is 12.7. The molecule has 4 aromatic rings. The van der Waals surface area contributed by atoms with Crippen molar-refractivity contribution < 1.29 is 49.0 Å². The summed E-state index contributed by atoms with van der Waals surface area (Å²) in [7, 11) is 0. The lowest BCUT2D eigenvalue weighted by Crippen LogP contribution is -2.25. The summed E-state index contributed by atoms with van der Waals surface area (Å²) in [6.07, 6.45) is -7.10. The van der Waals surface area contributed by atoms with Crippen LogP contribution in [0.25, 0.3) is 11.1 Å². The van der Waals surface area contributed by atoms with Gasteiger partial charge >= 0.3 is 12.5 Å². The van der Waals surface area contributed by atoms with Gasteiger partial charge in [0.2, 0.25) is 5.75 Å². The number of hydrogen-bond donors (Lipinski definition) is 0. The van der Waals surface area contributed by atoms with Crippen LogP contribution in [0.1, 0.15) is 42.0 Å². The van der Waals surface area contributed by atoms with Gasteiger partial charge < -0.3 is 9.47 Å². The Kier molecular flexibility index (Phi) is 9.28. The number of halogens is 9. The summed E-state index contributed by atoms with van der Waals surface area (Å²) >= 11 is 0. The minimum absolute atomic E-state index is 0.0539. The maximum atomic E-state index is 14.6. The van der Waals surface area contributed by atoms with Crippen molar-refractivity contribution in [2.24, 2.45) is 0 Å². The summed E-state index contributed by atoms with van der Waals surface area (Å²) in [6.45, 7) is 2.12. The minimum Gasteiger partial charge on any atom is -0.429 e. The predicted octanol–water partition coefficient (Wildman–Crippen LogP) is 9.68. The van der Waals surface area contributed by atoms with E-state index in [1.807, 2.05) is 12.1 Å². The van der Waals surface area contributed by atoms with E-state index in [0.29, 0.717) is 17.7 Å². The average Bonchev–Trinajstić information content (AvgIpc) is 2.92. The van der Waals surface area contributed by atoms with E-state index in [-0.39, 0.29) is 17.7 Å². The lowest BCUT2D eigenvalue weighted by atomic mass is 10.0. The molecule has 0 aliphatic carbocycles. The number of rotatable bonds is 8. The van der Waals surface area contributed by atoms with E-state index in [2.05, 4.69) is 40.4 Å². The van der Waals surface area contributed by atoms with Gasteiger partial charge in [0, 0.05) is 23.3 Å². The monoisotopic (exact) mass is 608 g/mol. The Labute approximate surface area is 240 Å². The maximum Gasteiger partial charge on any atom is 0.573 e. The molecule has 0 spiro atoms. The second-order valence-electron chi connectivity index (χ2n) is 9.33. The van der Waals surface area contributed by atoms with Crippen molar-refractivity contribution in [3.63, 3.8) is 0 Å². The number of hydrogen-bond acceptors (Lipinski definition) is 2. The lowest BCUT2D eigenvalue weighted by Gasteiger charge is -2.20. The van der Waals surface area contributed by atoms with Gasteiger partial charge in [-0.1, -0.05) is 61.6 Å². The Morgan fingerprint density at radius 3 is 1.65 bits per heavy atom. The molecule has 224 valence electrons. The molecule has 0 bridgehead atoms. The van der Waals surface area contributed by atoms with Crippen LogP contribution in [0.15, 0.2) is 72.8 Å². The fourth-order valence-electron chi connectivity index (χ4n) is 4.07. The van der Waals surface area contributed by atoms with Crippen molar-refractivity contribution in [3.8, 4) is 34.5 Å². The fourth-order valence-corrected chi connectivity index (χ4v) is 4.07. The van der Waals surface area contributed by atoms with E-state index in [9.17, 15) is 39.5 Å². The first kappa shape index (κ1) is 31.3. The van der Waals surface area contributed by atoms with E-state index >= 15 is 0 Å². The Balaban J connectivity index is 1.50. The second-order valence-corrected chi connectivity index (χ2v) is 9.33. The first-order valence-corrected chi connectivity index (χ1v) is 12.8. The Hall–Kier alpha value is -4.59. The van der Waals surface area contributed by atoms with Gasteiger partial charge in [-0.05, 0) is 53.8 Å². The molecule has 0 radical (unpaired) electrons. The van der Waals surface area contributed by atoms with Crippen molar-refractivity contribution in [1.82, 2.24) is 0 Å². The summed E-state index contributed by atoms with van der Waals surface area (Å²) in [5, 5.41) is 0. The first-order valence-electron chi connectivity index (χ1n) is 12.8. The van der Waals surface area contributed by atoms with Crippen LogP contribution in [0.2, 0.25) is 0 Å². The highest BCUT2D eigenvalue weighted by molar-refractivity contribution is 5.65. The highest BCUT2D eigenvalue weighted by atomic mass is 19.4. The molecule has 4 aromatic carbocycles. The zero-order valence-corrected chi connectivity index (χ0v) is 22.3.